The molecule has 2 aliphatic rings. The molecule has 24 heavy (non-hydrogen) atoms. The number of ether oxygens (including phenoxy) is 1. The fourth-order valence-corrected chi connectivity index (χ4v) is 3.49. The Morgan fingerprint density at radius 1 is 1.33 bits per heavy atom. The van der Waals surface area contributed by atoms with Gasteiger partial charge < -0.3 is 10.1 Å². The van der Waals surface area contributed by atoms with Crippen LogP contribution in [-0.2, 0) is 9.53 Å². The third-order valence-electron chi connectivity index (χ3n) is 4.62. The van der Waals surface area contributed by atoms with E-state index in [1.54, 1.807) is 0 Å². The molecule has 1 fully saturated rings. The summed E-state index contributed by atoms with van der Waals surface area (Å²) in [5, 5.41) is 11.3. The fraction of sp³-hybridized carbons (Fsp3) is 0.833. The number of carbonyl (C=O) groups is 1. The lowest BCUT2D eigenvalue weighted by Crippen LogP contribution is -2.57. The lowest BCUT2D eigenvalue weighted by atomic mass is 9.99. The first kappa shape index (κ1) is 18.9. The number of hydrogen-bond donors (Lipinski definition) is 1. The highest BCUT2D eigenvalue weighted by Gasteiger charge is 2.39. The zero-order valence-electron chi connectivity index (χ0n) is 15.3. The second-order valence-electron chi connectivity index (χ2n) is 7.33. The first-order valence-corrected chi connectivity index (χ1v) is 8.91. The Labute approximate surface area is 145 Å². The summed E-state index contributed by atoms with van der Waals surface area (Å²) in [6.45, 7) is 10.5. The standard InChI is InChI=1S/C18H30N4O2/c1-6-7-8-18(20-21-18)9-10-19-17(23)16(13(2)3)22-11-14(4)24-15(5)12-22/h1,13-16H,7-12H2,2-5H3,(H,19,23). The maximum Gasteiger partial charge on any atom is 0.237 e. The summed E-state index contributed by atoms with van der Waals surface area (Å²) in [6, 6.07) is -0.131. The molecule has 6 nitrogen and oxygen atoms in total. The van der Waals surface area contributed by atoms with Crippen molar-refractivity contribution in [3.8, 4) is 12.3 Å². The molecular weight excluding hydrogens is 304 g/mol. The third-order valence-corrected chi connectivity index (χ3v) is 4.62. The maximum atomic E-state index is 12.7. The van der Waals surface area contributed by atoms with E-state index in [1.165, 1.54) is 0 Å². The van der Waals surface area contributed by atoms with Gasteiger partial charge in [0, 0.05) is 38.9 Å². The van der Waals surface area contributed by atoms with Gasteiger partial charge >= 0.3 is 0 Å². The van der Waals surface area contributed by atoms with Crippen LogP contribution in [0.3, 0.4) is 0 Å². The summed E-state index contributed by atoms with van der Waals surface area (Å²) < 4.78 is 5.78. The molecule has 1 saturated heterocycles. The van der Waals surface area contributed by atoms with Crippen LogP contribution in [0.2, 0.25) is 0 Å². The van der Waals surface area contributed by atoms with Gasteiger partial charge in [0.25, 0.3) is 0 Å². The number of carbonyl (C=O) groups excluding carboxylic acids is 1. The Kier molecular flexibility index (Phi) is 6.36. The van der Waals surface area contributed by atoms with E-state index in [4.69, 9.17) is 11.2 Å². The number of amides is 1. The molecule has 3 atom stereocenters. The summed E-state index contributed by atoms with van der Waals surface area (Å²) >= 11 is 0. The number of rotatable bonds is 8. The number of morpholine rings is 1. The first-order valence-electron chi connectivity index (χ1n) is 8.91. The van der Waals surface area contributed by atoms with Gasteiger partial charge in [-0.3, -0.25) is 9.69 Å². The van der Waals surface area contributed by atoms with Crippen LogP contribution in [0.25, 0.3) is 0 Å². The van der Waals surface area contributed by atoms with E-state index in [0.29, 0.717) is 13.0 Å². The zero-order valence-corrected chi connectivity index (χ0v) is 15.3. The van der Waals surface area contributed by atoms with E-state index in [9.17, 15) is 4.79 Å². The first-order chi connectivity index (χ1) is 11.4. The highest BCUT2D eigenvalue weighted by molar-refractivity contribution is 5.82. The van der Waals surface area contributed by atoms with E-state index < -0.39 is 0 Å². The molecule has 0 aliphatic carbocycles. The van der Waals surface area contributed by atoms with Crippen molar-refractivity contribution in [2.24, 2.45) is 16.1 Å². The molecule has 0 aromatic carbocycles. The summed E-state index contributed by atoms with van der Waals surface area (Å²) in [7, 11) is 0. The smallest absolute Gasteiger partial charge is 0.237 e. The van der Waals surface area contributed by atoms with Gasteiger partial charge in [-0.05, 0) is 19.8 Å². The molecule has 0 spiro atoms. The van der Waals surface area contributed by atoms with Crippen molar-refractivity contribution in [2.45, 2.75) is 70.9 Å². The van der Waals surface area contributed by atoms with Crippen LogP contribution in [-0.4, -0.2) is 54.4 Å². The molecule has 3 unspecified atom stereocenters. The van der Waals surface area contributed by atoms with Gasteiger partial charge in [-0.15, -0.1) is 12.3 Å². The van der Waals surface area contributed by atoms with E-state index in [0.717, 1.165) is 25.9 Å². The molecule has 0 bridgehead atoms. The van der Waals surface area contributed by atoms with Crippen molar-refractivity contribution in [1.82, 2.24) is 10.2 Å². The quantitative estimate of drug-likeness (QED) is 0.692. The van der Waals surface area contributed by atoms with Gasteiger partial charge in [-0.2, -0.15) is 10.2 Å². The normalized spacial score (nSPS) is 26.8. The van der Waals surface area contributed by atoms with Crippen LogP contribution in [0.4, 0.5) is 0 Å². The molecule has 0 aromatic heterocycles. The highest BCUT2D eigenvalue weighted by Crippen LogP contribution is 2.36. The molecule has 2 heterocycles. The van der Waals surface area contributed by atoms with Crippen LogP contribution in [0.5, 0.6) is 0 Å². The van der Waals surface area contributed by atoms with E-state index in [-0.39, 0.29) is 35.7 Å². The topological polar surface area (TPSA) is 66.3 Å². The minimum Gasteiger partial charge on any atom is -0.373 e. The molecule has 0 radical (unpaired) electrons. The van der Waals surface area contributed by atoms with Gasteiger partial charge in [-0.25, -0.2) is 0 Å². The molecule has 6 heteroatoms. The van der Waals surface area contributed by atoms with Gasteiger partial charge in [0.1, 0.15) is 0 Å². The minimum atomic E-state index is -0.338. The van der Waals surface area contributed by atoms with Crippen LogP contribution in [0.1, 0.15) is 47.0 Å². The summed E-state index contributed by atoms with van der Waals surface area (Å²) in [4.78, 5) is 15.0. The van der Waals surface area contributed by atoms with Crippen LogP contribution < -0.4 is 5.32 Å². The zero-order chi connectivity index (χ0) is 17.7. The summed E-state index contributed by atoms with van der Waals surface area (Å²) in [5.41, 5.74) is -0.338. The van der Waals surface area contributed by atoms with Crippen molar-refractivity contribution in [3.63, 3.8) is 0 Å². The Morgan fingerprint density at radius 2 is 1.96 bits per heavy atom. The van der Waals surface area contributed by atoms with Crippen LogP contribution in [0.15, 0.2) is 10.2 Å². The molecule has 0 aromatic rings. The number of hydrogen-bond acceptors (Lipinski definition) is 5. The van der Waals surface area contributed by atoms with E-state index in [2.05, 4.69) is 54.1 Å². The average molecular weight is 334 g/mol. The van der Waals surface area contributed by atoms with E-state index >= 15 is 0 Å². The Balaban J connectivity index is 1.85. The largest absolute Gasteiger partial charge is 0.373 e. The molecule has 2 rings (SSSR count). The van der Waals surface area contributed by atoms with Gasteiger partial charge in [0.15, 0.2) is 5.66 Å². The lowest BCUT2D eigenvalue weighted by molar-refractivity contribution is -0.135. The average Bonchev–Trinajstić information content (AvgIpc) is 3.24. The van der Waals surface area contributed by atoms with Crippen molar-refractivity contribution in [2.75, 3.05) is 19.6 Å². The second-order valence-corrected chi connectivity index (χ2v) is 7.33. The minimum absolute atomic E-state index is 0.0825. The third kappa shape index (κ3) is 5.02. The predicted molar refractivity (Wildman–Crippen MR) is 93.5 cm³/mol. The summed E-state index contributed by atoms with van der Waals surface area (Å²) in [6.07, 6.45) is 7.76. The lowest BCUT2D eigenvalue weighted by Gasteiger charge is -2.41. The van der Waals surface area contributed by atoms with Crippen molar-refractivity contribution >= 4 is 5.91 Å². The molecular formula is C18H30N4O2. The predicted octanol–water partition coefficient (Wildman–Crippen LogP) is 2.20. The number of terminal acetylenes is 1. The monoisotopic (exact) mass is 334 g/mol. The van der Waals surface area contributed by atoms with Crippen molar-refractivity contribution < 1.29 is 9.53 Å². The van der Waals surface area contributed by atoms with Crippen molar-refractivity contribution in [3.05, 3.63) is 0 Å². The second kappa shape index (κ2) is 8.09. The summed E-state index contributed by atoms with van der Waals surface area (Å²) in [5.74, 6) is 2.95. The Bertz CT molecular complexity index is 496. The van der Waals surface area contributed by atoms with Gasteiger partial charge in [0.05, 0.1) is 18.2 Å². The van der Waals surface area contributed by atoms with Crippen LogP contribution >= 0.6 is 0 Å². The molecule has 2 aliphatic heterocycles. The molecule has 134 valence electrons. The fourth-order valence-electron chi connectivity index (χ4n) is 3.49. The Hall–Kier alpha value is -1.45. The number of nitrogens with one attached hydrogen (secondary N) is 1. The molecule has 1 N–H and O–H groups in total. The number of nitrogens with zero attached hydrogens (tertiary/aromatic N) is 3. The van der Waals surface area contributed by atoms with Gasteiger partial charge in [0.2, 0.25) is 5.91 Å². The Morgan fingerprint density at radius 3 is 2.46 bits per heavy atom. The highest BCUT2D eigenvalue weighted by atomic mass is 16.5. The van der Waals surface area contributed by atoms with E-state index in [1.807, 2.05) is 0 Å². The van der Waals surface area contributed by atoms with Crippen LogP contribution in [0, 0.1) is 18.3 Å². The van der Waals surface area contributed by atoms with Crippen molar-refractivity contribution in [1.29, 1.82) is 0 Å². The molecule has 0 saturated carbocycles. The van der Waals surface area contributed by atoms with Gasteiger partial charge in [-0.1, -0.05) is 13.8 Å². The maximum absolute atomic E-state index is 12.7. The molecule has 1 amide bonds. The SMILES string of the molecule is C#CCCC1(CCNC(=O)C(C(C)C)N2CC(C)OC(C)C2)N=N1.